The van der Waals surface area contributed by atoms with E-state index >= 15 is 0 Å². The molecule has 0 aliphatic carbocycles. The minimum absolute atomic E-state index is 0.198. The summed E-state index contributed by atoms with van der Waals surface area (Å²) in [7, 11) is 1.56. The van der Waals surface area contributed by atoms with Crippen LogP contribution >= 0.6 is 38.9 Å². The van der Waals surface area contributed by atoms with Crippen molar-refractivity contribution in [3.63, 3.8) is 0 Å². The van der Waals surface area contributed by atoms with Crippen molar-refractivity contribution in [1.82, 2.24) is 4.57 Å². The van der Waals surface area contributed by atoms with Crippen LogP contribution in [0.2, 0.25) is 5.02 Å². The van der Waals surface area contributed by atoms with Gasteiger partial charge in [-0.15, -0.1) is 0 Å². The zero-order valence-electron chi connectivity index (χ0n) is 20.1. The first kappa shape index (κ1) is 26.2. The Balaban J connectivity index is 1.94. The standard InChI is InChI=1S/C26H24BrClN2O5S/c1-5-34-23-17(27)11-15(12-19(23)33-4)13-20-24(31)30-22(16-9-7-8-10-18(16)28)21(25(32)35-6-2)14(3)29-26(30)36-20/h7-13,22H,5-6H2,1-4H3/b20-13+/t22-/m0/s1. The van der Waals surface area contributed by atoms with Crippen molar-refractivity contribution in [2.24, 2.45) is 4.99 Å². The van der Waals surface area contributed by atoms with Gasteiger partial charge in [-0.1, -0.05) is 41.1 Å². The summed E-state index contributed by atoms with van der Waals surface area (Å²) in [4.78, 5) is 31.8. The fourth-order valence-corrected chi connectivity index (χ4v) is 5.90. The highest BCUT2D eigenvalue weighted by Crippen LogP contribution is 2.37. The van der Waals surface area contributed by atoms with Crippen LogP contribution in [0.3, 0.4) is 0 Å². The van der Waals surface area contributed by atoms with Crippen LogP contribution in [0.25, 0.3) is 6.08 Å². The molecular weight excluding hydrogens is 568 g/mol. The summed E-state index contributed by atoms with van der Waals surface area (Å²) in [5.41, 5.74) is 1.84. The number of esters is 1. The molecule has 2 heterocycles. The number of carbonyl (C=O) groups is 1. The summed E-state index contributed by atoms with van der Waals surface area (Å²) in [6, 6.07) is 10.0. The van der Waals surface area contributed by atoms with Crippen LogP contribution in [0, 0.1) is 0 Å². The molecule has 1 aliphatic heterocycles. The van der Waals surface area contributed by atoms with Crippen molar-refractivity contribution in [3.05, 3.63) is 88.0 Å². The Morgan fingerprint density at radius 2 is 2.00 bits per heavy atom. The first-order valence-electron chi connectivity index (χ1n) is 11.2. The molecule has 0 bridgehead atoms. The van der Waals surface area contributed by atoms with Gasteiger partial charge in [0.15, 0.2) is 16.3 Å². The zero-order valence-corrected chi connectivity index (χ0v) is 23.3. The second-order valence-corrected chi connectivity index (χ2v) is 10.1. The summed E-state index contributed by atoms with van der Waals surface area (Å²) in [6.07, 6.45) is 1.76. The molecule has 0 spiro atoms. The number of hydrogen-bond acceptors (Lipinski definition) is 7. The van der Waals surface area contributed by atoms with Crippen LogP contribution in [0.15, 0.2) is 61.9 Å². The lowest BCUT2D eigenvalue weighted by Gasteiger charge is -2.25. The molecule has 36 heavy (non-hydrogen) atoms. The van der Waals surface area contributed by atoms with E-state index in [2.05, 4.69) is 20.9 Å². The van der Waals surface area contributed by atoms with Gasteiger partial charge in [0.25, 0.3) is 5.56 Å². The Bertz CT molecular complexity index is 1540. The van der Waals surface area contributed by atoms with Crippen molar-refractivity contribution in [3.8, 4) is 11.5 Å². The fraction of sp³-hybridized carbons (Fsp3) is 0.269. The number of halogens is 2. The van der Waals surface area contributed by atoms with E-state index in [1.165, 1.54) is 15.9 Å². The zero-order chi connectivity index (χ0) is 26.0. The summed E-state index contributed by atoms with van der Waals surface area (Å²) in [5.74, 6) is 0.602. The van der Waals surface area contributed by atoms with E-state index in [4.69, 9.17) is 25.8 Å². The van der Waals surface area contributed by atoms with Gasteiger partial charge in [-0.05, 0) is 72.1 Å². The number of carbonyl (C=O) groups excluding carboxylic acids is 1. The second-order valence-electron chi connectivity index (χ2n) is 7.79. The van der Waals surface area contributed by atoms with Crippen LogP contribution in [0.5, 0.6) is 11.5 Å². The Hall–Kier alpha value is -2.88. The lowest BCUT2D eigenvalue weighted by atomic mass is 9.96. The number of benzene rings is 2. The highest BCUT2D eigenvalue weighted by molar-refractivity contribution is 9.10. The number of ether oxygens (including phenoxy) is 3. The van der Waals surface area contributed by atoms with Crippen LogP contribution in [-0.4, -0.2) is 30.9 Å². The smallest absolute Gasteiger partial charge is 0.338 e. The van der Waals surface area contributed by atoms with E-state index in [0.717, 1.165) is 5.56 Å². The molecule has 0 amide bonds. The highest BCUT2D eigenvalue weighted by Gasteiger charge is 2.34. The van der Waals surface area contributed by atoms with E-state index in [0.29, 0.717) is 48.2 Å². The predicted octanol–water partition coefficient (Wildman–Crippen LogP) is 4.62. The third kappa shape index (κ3) is 4.87. The van der Waals surface area contributed by atoms with Crippen molar-refractivity contribution in [2.75, 3.05) is 20.3 Å². The van der Waals surface area contributed by atoms with Gasteiger partial charge in [0.2, 0.25) is 0 Å². The number of thiazole rings is 1. The molecular formula is C26H24BrClN2O5S. The Labute approximate surface area is 225 Å². The average Bonchev–Trinajstić information content (AvgIpc) is 3.14. The van der Waals surface area contributed by atoms with E-state index in [-0.39, 0.29) is 17.7 Å². The molecule has 1 aromatic heterocycles. The highest BCUT2D eigenvalue weighted by atomic mass is 79.9. The molecule has 188 valence electrons. The Kier molecular flexibility index (Phi) is 8.02. The lowest BCUT2D eigenvalue weighted by molar-refractivity contribution is -0.139. The minimum Gasteiger partial charge on any atom is -0.493 e. The molecule has 1 atom stereocenters. The molecule has 0 fully saturated rings. The number of allylic oxidation sites excluding steroid dienone is 1. The number of rotatable bonds is 7. The summed E-state index contributed by atoms with van der Waals surface area (Å²) in [5, 5.41) is 0.439. The maximum absolute atomic E-state index is 13.8. The van der Waals surface area contributed by atoms with E-state index in [1.54, 1.807) is 51.3 Å². The quantitative estimate of drug-likeness (QED) is 0.375. The number of fused-ring (bicyclic) bond motifs is 1. The number of hydrogen-bond donors (Lipinski definition) is 0. The number of methoxy groups -OCH3 is 1. The Morgan fingerprint density at radius 3 is 2.67 bits per heavy atom. The molecule has 0 N–H and O–H groups in total. The molecule has 0 saturated heterocycles. The van der Waals surface area contributed by atoms with Crippen molar-refractivity contribution >= 4 is 50.9 Å². The SMILES string of the molecule is CCOC(=O)C1=C(C)N=c2s/c(=C/c3cc(Br)c(OCC)c(OC)c3)c(=O)n2[C@H]1c1ccccc1Cl. The molecule has 2 aromatic carbocycles. The molecule has 0 unspecified atom stereocenters. The van der Waals surface area contributed by atoms with Crippen LogP contribution in [0.4, 0.5) is 0 Å². The predicted molar refractivity (Wildman–Crippen MR) is 144 cm³/mol. The van der Waals surface area contributed by atoms with E-state index in [1.807, 2.05) is 19.1 Å². The maximum Gasteiger partial charge on any atom is 0.338 e. The average molecular weight is 592 g/mol. The van der Waals surface area contributed by atoms with Gasteiger partial charge in [-0.25, -0.2) is 9.79 Å². The van der Waals surface area contributed by atoms with Gasteiger partial charge in [-0.3, -0.25) is 9.36 Å². The number of aromatic nitrogens is 1. The lowest BCUT2D eigenvalue weighted by Crippen LogP contribution is -2.40. The summed E-state index contributed by atoms with van der Waals surface area (Å²) >= 11 is 11.3. The molecule has 3 aromatic rings. The van der Waals surface area contributed by atoms with Gasteiger partial charge >= 0.3 is 5.97 Å². The van der Waals surface area contributed by atoms with Gasteiger partial charge in [0.1, 0.15) is 6.04 Å². The molecule has 7 nitrogen and oxygen atoms in total. The number of nitrogens with zero attached hydrogens (tertiary/aromatic N) is 2. The molecule has 0 saturated carbocycles. The third-order valence-corrected chi connectivity index (χ3v) is 7.47. The topological polar surface area (TPSA) is 79.1 Å². The fourth-order valence-electron chi connectivity index (χ4n) is 4.04. The van der Waals surface area contributed by atoms with Crippen LogP contribution in [0.1, 0.15) is 37.9 Å². The van der Waals surface area contributed by atoms with E-state index in [9.17, 15) is 9.59 Å². The molecule has 10 heteroatoms. The first-order chi connectivity index (χ1) is 17.3. The van der Waals surface area contributed by atoms with Gasteiger partial charge in [0, 0.05) is 5.02 Å². The van der Waals surface area contributed by atoms with Crippen molar-refractivity contribution in [1.29, 1.82) is 0 Å². The van der Waals surface area contributed by atoms with E-state index < -0.39 is 12.0 Å². The third-order valence-electron chi connectivity index (χ3n) is 5.56. The normalized spacial score (nSPS) is 15.4. The minimum atomic E-state index is -0.766. The van der Waals surface area contributed by atoms with Crippen molar-refractivity contribution < 1.29 is 19.0 Å². The summed E-state index contributed by atoms with van der Waals surface area (Å²) in [6.45, 7) is 6.04. The maximum atomic E-state index is 13.8. The molecule has 4 rings (SSSR count). The van der Waals surface area contributed by atoms with Gasteiger partial charge in [-0.2, -0.15) is 0 Å². The van der Waals surface area contributed by atoms with Crippen LogP contribution < -0.4 is 24.4 Å². The van der Waals surface area contributed by atoms with Crippen LogP contribution in [-0.2, 0) is 9.53 Å². The second kappa shape index (κ2) is 11.0. The molecule has 0 radical (unpaired) electrons. The van der Waals surface area contributed by atoms with Gasteiger partial charge < -0.3 is 14.2 Å². The van der Waals surface area contributed by atoms with Crippen molar-refractivity contribution in [2.45, 2.75) is 26.8 Å². The van der Waals surface area contributed by atoms with Gasteiger partial charge in [0.05, 0.1) is 40.6 Å². The molecule has 1 aliphatic rings. The summed E-state index contributed by atoms with van der Waals surface area (Å²) < 4.78 is 19.1. The largest absolute Gasteiger partial charge is 0.493 e. The first-order valence-corrected chi connectivity index (χ1v) is 13.2. The Morgan fingerprint density at radius 1 is 1.25 bits per heavy atom. The monoisotopic (exact) mass is 590 g/mol.